The number of carbonyl (C=O) groups excluding carboxylic acids is 1. The van der Waals surface area contributed by atoms with Crippen molar-refractivity contribution in [2.75, 3.05) is 0 Å². The number of hydrogen-bond acceptors (Lipinski definition) is 4. The lowest BCUT2D eigenvalue weighted by molar-refractivity contribution is -0.137. The zero-order chi connectivity index (χ0) is 21.2. The maximum absolute atomic E-state index is 13.7. The first-order valence-electron chi connectivity index (χ1n) is 9.38. The average molecular weight is 410 g/mol. The van der Waals surface area contributed by atoms with Crippen molar-refractivity contribution >= 4 is 5.78 Å². The largest absolute Gasteiger partial charge is 0.416 e. The molecule has 2 aromatic rings. The van der Waals surface area contributed by atoms with Crippen molar-refractivity contribution in [1.29, 1.82) is 0 Å². The van der Waals surface area contributed by atoms with Crippen molar-refractivity contribution < 1.29 is 27.5 Å². The van der Waals surface area contributed by atoms with Gasteiger partial charge in [0.25, 0.3) is 0 Å². The van der Waals surface area contributed by atoms with Gasteiger partial charge in [0, 0.05) is 6.20 Å². The lowest BCUT2D eigenvalue weighted by Crippen LogP contribution is -2.51. The summed E-state index contributed by atoms with van der Waals surface area (Å²) in [6.45, 7) is 1.44. The quantitative estimate of drug-likeness (QED) is 0.544. The molecule has 1 aromatic carbocycles. The minimum Gasteiger partial charge on any atom is -0.386 e. The highest BCUT2D eigenvalue weighted by Crippen LogP contribution is 2.38. The Morgan fingerprint density at radius 2 is 1.86 bits per heavy atom. The van der Waals surface area contributed by atoms with E-state index in [4.69, 9.17) is 0 Å². The Labute approximate surface area is 166 Å². The Morgan fingerprint density at radius 1 is 1.17 bits per heavy atom. The summed E-state index contributed by atoms with van der Waals surface area (Å²) in [6, 6.07) is 5.96. The molecule has 3 rings (SSSR count). The fourth-order valence-corrected chi connectivity index (χ4v) is 3.92. The van der Waals surface area contributed by atoms with Crippen LogP contribution in [0, 0.1) is 5.95 Å². The van der Waals surface area contributed by atoms with Crippen molar-refractivity contribution in [3.63, 3.8) is 0 Å². The van der Waals surface area contributed by atoms with Crippen molar-refractivity contribution in [3.05, 3.63) is 65.2 Å². The third-order valence-corrected chi connectivity index (χ3v) is 5.54. The van der Waals surface area contributed by atoms with Gasteiger partial charge in [-0.1, -0.05) is 25.0 Å². The van der Waals surface area contributed by atoms with E-state index in [9.17, 15) is 27.5 Å². The van der Waals surface area contributed by atoms with E-state index in [2.05, 4.69) is 10.3 Å². The van der Waals surface area contributed by atoms with Gasteiger partial charge in [-0.05, 0) is 55.2 Å². The predicted octanol–water partition coefficient (Wildman–Crippen LogP) is 4.51. The average Bonchev–Trinajstić information content (AvgIpc) is 3.15. The van der Waals surface area contributed by atoms with Crippen LogP contribution in [-0.2, 0) is 11.0 Å². The van der Waals surface area contributed by atoms with Crippen LogP contribution in [0.25, 0.3) is 0 Å². The molecule has 0 aliphatic heterocycles. The molecule has 0 amide bonds. The molecule has 1 aromatic heterocycles. The van der Waals surface area contributed by atoms with E-state index in [0.29, 0.717) is 18.4 Å². The molecule has 2 unspecified atom stereocenters. The molecule has 0 spiro atoms. The zero-order valence-corrected chi connectivity index (χ0v) is 15.8. The minimum atomic E-state index is -4.56. The van der Waals surface area contributed by atoms with E-state index >= 15 is 0 Å². The number of aliphatic hydroxyl groups excluding tert-OH is 1. The highest BCUT2D eigenvalue weighted by Gasteiger charge is 2.42. The van der Waals surface area contributed by atoms with E-state index < -0.39 is 35.4 Å². The van der Waals surface area contributed by atoms with Crippen LogP contribution in [0.2, 0.25) is 0 Å². The number of rotatable bonds is 6. The third kappa shape index (κ3) is 4.64. The van der Waals surface area contributed by atoms with Crippen molar-refractivity contribution in [2.45, 2.75) is 56.5 Å². The zero-order valence-electron chi connectivity index (χ0n) is 15.8. The predicted molar refractivity (Wildman–Crippen MR) is 98.4 cm³/mol. The first kappa shape index (κ1) is 21.4. The summed E-state index contributed by atoms with van der Waals surface area (Å²) >= 11 is 0. The topological polar surface area (TPSA) is 62.2 Å². The van der Waals surface area contributed by atoms with Crippen LogP contribution in [0.15, 0.2) is 42.6 Å². The van der Waals surface area contributed by atoms with Crippen LogP contribution in [0.1, 0.15) is 61.4 Å². The standard InChI is InChI=1S/C21H22F4N2O2/c1-13(28)20(8-2-3-9-20)27-18(14-7-10-26-17(22)12-14)19(29)15-5-4-6-16(11-15)21(23,24)25/h4-7,10-12,18-19,27,29H,2-3,8-9H2,1H3. The molecule has 1 fully saturated rings. The second-order valence-electron chi connectivity index (χ2n) is 7.45. The van der Waals surface area contributed by atoms with E-state index in [1.165, 1.54) is 31.3 Å². The summed E-state index contributed by atoms with van der Waals surface area (Å²) < 4.78 is 53.1. The van der Waals surface area contributed by atoms with Crippen LogP contribution in [0.4, 0.5) is 17.6 Å². The van der Waals surface area contributed by atoms with Gasteiger partial charge in [0.2, 0.25) is 5.95 Å². The number of alkyl halides is 3. The maximum Gasteiger partial charge on any atom is 0.416 e. The molecule has 1 saturated carbocycles. The van der Waals surface area contributed by atoms with E-state index in [0.717, 1.165) is 31.0 Å². The lowest BCUT2D eigenvalue weighted by Gasteiger charge is -2.35. The van der Waals surface area contributed by atoms with Gasteiger partial charge in [0.15, 0.2) is 0 Å². The Bertz CT molecular complexity index is 879. The highest BCUT2D eigenvalue weighted by atomic mass is 19.4. The smallest absolute Gasteiger partial charge is 0.386 e. The van der Waals surface area contributed by atoms with Gasteiger partial charge in [-0.15, -0.1) is 0 Å². The molecule has 2 N–H and O–H groups in total. The molecule has 2 atom stereocenters. The molecule has 0 bridgehead atoms. The van der Waals surface area contributed by atoms with Crippen LogP contribution >= 0.6 is 0 Å². The second-order valence-corrected chi connectivity index (χ2v) is 7.45. The third-order valence-electron chi connectivity index (χ3n) is 5.54. The lowest BCUT2D eigenvalue weighted by atomic mass is 9.87. The molecule has 0 saturated heterocycles. The van der Waals surface area contributed by atoms with E-state index in [-0.39, 0.29) is 11.3 Å². The molecule has 1 heterocycles. The van der Waals surface area contributed by atoms with Crippen molar-refractivity contribution in [2.24, 2.45) is 0 Å². The molecule has 0 radical (unpaired) electrons. The van der Waals surface area contributed by atoms with E-state index in [1.54, 1.807) is 0 Å². The SMILES string of the molecule is CC(=O)C1(NC(c2ccnc(F)c2)C(O)c2cccc(C(F)(F)F)c2)CCCC1. The van der Waals surface area contributed by atoms with Crippen LogP contribution in [0.5, 0.6) is 0 Å². The second kappa shape index (κ2) is 8.20. The Kier molecular flexibility index (Phi) is 6.05. The molecule has 156 valence electrons. The number of hydrogen-bond donors (Lipinski definition) is 2. The van der Waals surface area contributed by atoms with Gasteiger partial charge in [-0.3, -0.25) is 10.1 Å². The summed E-state index contributed by atoms with van der Waals surface area (Å²) in [5, 5.41) is 14.1. The van der Waals surface area contributed by atoms with Crippen molar-refractivity contribution in [1.82, 2.24) is 10.3 Å². The first-order chi connectivity index (χ1) is 13.6. The number of aliphatic hydroxyl groups is 1. The molecule has 8 heteroatoms. The Balaban J connectivity index is 2.02. The van der Waals surface area contributed by atoms with Crippen LogP contribution < -0.4 is 5.32 Å². The fraction of sp³-hybridized carbons (Fsp3) is 0.429. The number of aromatic nitrogens is 1. The summed E-state index contributed by atoms with van der Waals surface area (Å²) in [5.41, 5.74) is -1.48. The number of nitrogens with zero attached hydrogens (tertiary/aromatic N) is 1. The Morgan fingerprint density at radius 3 is 2.45 bits per heavy atom. The summed E-state index contributed by atoms with van der Waals surface area (Å²) in [5.74, 6) is -0.903. The molecule has 4 nitrogen and oxygen atoms in total. The minimum absolute atomic E-state index is 0.0197. The van der Waals surface area contributed by atoms with Gasteiger partial charge in [-0.25, -0.2) is 4.98 Å². The van der Waals surface area contributed by atoms with Gasteiger partial charge in [0.1, 0.15) is 5.78 Å². The molecular weight excluding hydrogens is 388 g/mol. The normalized spacial score (nSPS) is 18.4. The first-order valence-corrected chi connectivity index (χ1v) is 9.38. The van der Waals surface area contributed by atoms with Crippen molar-refractivity contribution in [3.8, 4) is 0 Å². The maximum atomic E-state index is 13.7. The van der Waals surface area contributed by atoms with Crippen LogP contribution in [0.3, 0.4) is 0 Å². The number of ketones is 1. The fourth-order valence-electron chi connectivity index (χ4n) is 3.92. The summed E-state index contributed by atoms with van der Waals surface area (Å²) in [4.78, 5) is 15.9. The Hall–Kier alpha value is -2.32. The molecular formula is C21H22F4N2O2. The van der Waals surface area contributed by atoms with Gasteiger partial charge in [-0.2, -0.15) is 17.6 Å². The van der Waals surface area contributed by atoms with E-state index in [1.807, 2.05) is 0 Å². The molecule has 29 heavy (non-hydrogen) atoms. The highest BCUT2D eigenvalue weighted by molar-refractivity contribution is 5.86. The number of carbonyl (C=O) groups is 1. The monoisotopic (exact) mass is 410 g/mol. The van der Waals surface area contributed by atoms with Crippen LogP contribution in [-0.4, -0.2) is 21.4 Å². The number of nitrogens with one attached hydrogen (secondary N) is 1. The van der Waals surface area contributed by atoms with Gasteiger partial charge in [0.05, 0.1) is 23.2 Å². The molecule has 1 aliphatic rings. The van der Waals surface area contributed by atoms with Gasteiger partial charge >= 0.3 is 6.18 Å². The number of Topliss-reactive ketones (excluding diaryl/α,β-unsaturated/α-hetero) is 1. The number of halogens is 4. The summed E-state index contributed by atoms with van der Waals surface area (Å²) in [6.07, 6.45) is -2.08. The van der Waals surface area contributed by atoms with Gasteiger partial charge < -0.3 is 5.11 Å². The number of benzene rings is 1. The number of pyridine rings is 1. The summed E-state index contributed by atoms with van der Waals surface area (Å²) in [7, 11) is 0. The molecule has 1 aliphatic carbocycles.